The Labute approximate surface area is 131 Å². The second-order valence-electron chi connectivity index (χ2n) is 4.65. The van der Waals surface area contributed by atoms with Crippen LogP contribution in [0.5, 0.6) is 5.75 Å². The lowest BCUT2D eigenvalue weighted by Gasteiger charge is -2.10. The van der Waals surface area contributed by atoms with E-state index in [2.05, 4.69) is 26.3 Å². The molecule has 0 atom stereocenters. The number of nitrogen functional groups attached to an aromatic ring is 1. The first-order valence-electron chi connectivity index (χ1n) is 6.37. The molecular formula is C15H16BrN3O2. The van der Waals surface area contributed by atoms with Crippen LogP contribution >= 0.6 is 15.9 Å². The monoisotopic (exact) mass is 349 g/mol. The summed E-state index contributed by atoms with van der Waals surface area (Å²) >= 11 is 3.52. The lowest BCUT2D eigenvalue weighted by Crippen LogP contribution is -2.30. The van der Waals surface area contributed by atoms with E-state index in [0.717, 1.165) is 21.3 Å². The van der Waals surface area contributed by atoms with Crippen LogP contribution < -0.4 is 16.0 Å². The summed E-state index contributed by atoms with van der Waals surface area (Å²) in [7, 11) is 0. The van der Waals surface area contributed by atoms with Gasteiger partial charge in [0, 0.05) is 4.47 Å². The predicted molar refractivity (Wildman–Crippen MR) is 83.8 cm³/mol. The van der Waals surface area contributed by atoms with E-state index >= 15 is 0 Å². The summed E-state index contributed by atoms with van der Waals surface area (Å²) in [6.07, 6.45) is 0. The van der Waals surface area contributed by atoms with Crippen molar-refractivity contribution in [2.45, 2.75) is 20.5 Å². The van der Waals surface area contributed by atoms with Crippen LogP contribution in [0.15, 0.2) is 34.8 Å². The molecule has 0 spiro atoms. The van der Waals surface area contributed by atoms with Crippen molar-refractivity contribution in [3.05, 3.63) is 57.3 Å². The fraction of sp³-hybridized carbons (Fsp3) is 0.200. The number of carbonyl (C=O) groups is 1. The average Bonchev–Trinajstić information content (AvgIpc) is 2.50. The van der Waals surface area contributed by atoms with E-state index in [4.69, 9.17) is 10.6 Å². The van der Waals surface area contributed by atoms with Gasteiger partial charge in [-0.15, -0.1) is 0 Å². The van der Waals surface area contributed by atoms with Gasteiger partial charge in [-0.2, -0.15) is 0 Å². The standard InChI is InChI=1S/C15H16BrN3O2/c1-9-6-12(7-10(2)14(9)16)21-8-11-4-3-5-13(18-11)15(20)19-17/h3-7H,8,17H2,1-2H3,(H,19,20). The van der Waals surface area contributed by atoms with Crippen LogP contribution in [0.25, 0.3) is 0 Å². The van der Waals surface area contributed by atoms with Gasteiger partial charge in [-0.1, -0.05) is 22.0 Å². The Hall–Kier alpha value is -1.92. The van der Waals surface area contributed by atoms with Crippen LogP contribution in [0.1, 0.15) is 27.3 Å². The fourth-order valence-corrected chi connectivity index (χ4v) is 2.14. The molecule has 110 valence electrons. The van der Waals surface area contributed by atoms with Gasteiger partial charge in [-0.05, 0) is 49.2 Å². The van der Waals surface area contributed by atoms with Crippen molar-refractivity contribution in [1.29, 1.82) is 0 Å². The van der Waals surface area contributed by atoms with Crippen molar-refractivity contribution in [2.75, 3.05) is 0 Å². The maximum atomic E-state index is 11.4. The Kier molecular flexibility index (Phi) is 4.93. The molecule has 0 aliphatic heterocycles. The second-order valence-corrected chi connectivity index (χ2v) is 5.44. The minimum absolute atomic E-state index is 0.266. The van der Waals surface area contributed by atoms with Crippen molar-refractivity contribution in [3.63, 3.8) is 0 Å². The molecule has 0 saturated carbocycles. The summed E-state index contributed by atoms with van der Waals surface area (Å²) in [4.78, 5) is 15.6. The second kappa shape index (κ2) is 6.69. The molecule has 0 radical (unpaired) electrons. The first-order chi connectivity index (χ1) is 10.0. The summed E-state index contributed by atoms with van der Waals surface area (Å²) in [6.45, 7) is 4.30. The number of aryl methyl sites for hydroxylation is 2. The third kappa shape index (κ3) is 3.80. The van der Waals surface area contributed by atoms with Gasteiger partial charge in [-0.3, -0.25) is 10.2 Å². The number of pyridine rings is 1. The molecule has 0 aliphatic rings. The first-order valence-corrected chi connectivity index (χ1v) is 7.17. The summed E-state index contributed by atoms with van der Waals surface area (Å²) < 4.78 is 6.81. The van der Waals surface area contributed by atoms with Crippen molar-refractivity contribution in [1.82, 2.24) is 10.4 Å². The summed E-state index contributed by atoms with van der Waals surface area (Å²) in [5.41, 5.74) is 5.19. The zero-order chi connectivity index (χ0) is 15.4. The number of nitrogens with zero attached hydrogens (tertiary/aromatic N) is 1. The number of rotatable bonds is 4. The highest BCUT2D eigenvalue weighted by Gasteiger charge is 2.07. The van der Waals surface area contributed by atoms with Crippen LogP contribution in [0.4, 0.5) is 0 Å². The molecule has 1 aromatic carbocycles. The van der Waals surface area contributed by atoms with Crippen molar-refractivity contribution in [2.24, 2.45) is 5.84 Å². The highest BCUT2D eigenvalue weighted by Crippen LogP contribution is 2.26. The number of hydrogen-bond acceptors (Lipinski definition) is 4. The third-order valence-corrected chi connectivity index (χ3v) is 4.22. The molecule has 0 unspecified atom stereocenters. The molecule has 6 heteroatoms. The number of aromatic nitrogens is 1. The molecule has 1 heterocycles. The highest BCUT2D eigenvalue weighted by molar-refractivity contribution is 9.10. The molecule has 0 fully saturated rings. The molecule has 21 heavy (non-hydrogen) atoms. The number of benzene rings is 1. The number of nitrogens with two attached hydrogens (primary N) is 1. The number of hydrogen-bond donors (Lipinski definition) is 2. The third-order valence-electron chi connectivity index (χ3n) is 2.97. The minimum atomic E-state index is -0.424. The topological polar surface area (TPSA) is 77.2 Å². The molecule has 0 aliphatic carbocycles. The Bertz CT molecular complexity index is 651. The van der Waals surface area contributed by atoms with Gasteiger partial charge >= 0.3 is 0 Å². The lowest BCUT2D eigenvalue weighted by atomic mass is 10.1. The zero-order valence-corrected chi connectivity index (χ0v) is 13.4. The number of carbonyl (C=O) groups excluding carboxylic acids is 1. The van der Waals surface area contributed by atoms with E-state index in [-0.39, 0.29) is 12.3 Å². The molecule has 5 nitrogen and oxygen atoms in total. The van der Waals surface area contributed by atoms with Gasteiger partial charge < -0.3 is 4.74 Å². The predicted octanol–water partition coefficient (Wildman–Crippen LogP) is 2.64. The molecular weight excluding hydrogens is 334 g/mol. The van der Waals surface area contributed by atoms with Gasteiger partial charge in [0.15, 0.2) is 0 Å². The Balaban J connectivity index is 2.11. The van der Waals surface area contributed by atoms with Gasteiger partial charge in [0.2, 0.25) is 0 Å². The van der Waals surface area contributed by atoms with Gasteiger partial charge in [0.25, 0.3) is 5.91 Å². The molecule has 3 N–H and O–H groups in total. The maximum Gasteiger partial charge on any atom is 0.283 e. The Morgan fingerprint density at radius 1 is 1.33 bits per heavy atom. The van der Waals surface area contributed by atoms with Crippen molar-refractivity contribution < 1.29 is 9.53 Å². The van der Waals surface area contributed by atoms with E-state index in [1.54, 1.807) is 18.2 Å². The highest BCUT2D eigenvalue weighted by atomic mass is 79.9. The maximum absolute atomic E-state index is 11.4. The SMILES string of the molecule is Cc1cc(OCc2cccc(C(=O)NN)n2)cc(C)c1Br. The molecule has 0 saturated heterocycles. The fourth-order valence-electron chi connectivity index (χ4n) is 1.91. The molecule has 1 aromatic heterocycles. The zero-order valence-electron chi connectivity index (χ0n) is 11.8. The van der Waals surface area contributed by atoms with Crippen molar-refractivity contribution >= 4 is 21.8 Å². The van der Waals surface area contributed by atoms with E-state index < -0.39 is 5.91 Å². The quantitative estimate of drug-likeness (QED) is 0.505. The lowest BCUT2D eigenvalue weighted by molar-refractivity contribution is 0.0948. The van der Waals surface area contributed by atoms with E-state index in [1.165, 1.54) is 0 Å². The van der Waals surface area contributed by atoms with Crippen LogP contribution in [0, 0.1) is 13.8 Å². The number of halogens is 1. The number of amides is 1. The normalized spacial score (nSPS) is 10.3. The molecule has 2 rings (SSSR count). The summed E-state index contributed by atoms with van der Waals surface area (Å²) in [5.74, 6) is 5.43. The largest absolute Gasteiger partial charge is 0.487 e. The summed E-state index contributed by atoms with van der Waals surface area (Å²) in [5, 5.41) is 0. The average molecular weight is 350 g/mol. The number of nitrogens with one attached hydrogen (secondary N) is 1. The Morgan fingerprint density at radius 2 is 2.00 bits per heavy atom. The molecule has 2 aromatic rings. The van der Waals surface area contributed by atoms with Gasteiger partial charge in [0.05, 0.1) is 5.69 Å². The minimum Gasteiger partial charge on any atom is -0.487 e. The van der Waals surface area contributed by atoms with Gasteiger partial charge in [-0.25, -0.2) is 10.8 Å². The van der Waals surface area contributed by atoms with E-state index in [1.807, 2.05) is 26.0 Å². The first kappa shape index (κ1) is 15.5. The number of ether oxygens (including phenoxy) is 1. The van der Waals surface area contributed by atoms with E-state index in [0.29, 0.717) is 5.69 Å². The van der Waals surface area contributed by atoms with Crippen LogP contribution in [-0.2, 0) is 6.61 Å². The van der Waals surface area contributed by atoms with Crippen molar-refractivity contribution in [3.8, 4) is 5.75 Å². The Morgan fingerprint density at radius 3 is 2.62 bits per heavy atom. The van der Waals surface area contributed by atoms with Crippen LogP contribution in [-0.4, -0.2) is 10.9 Å². The molecule has 0 bridgehead atoms. The van der Waals surface area contributed by atoms with Crippen LogP contribution in [0.2, 0.25) is 0 Å². The van der Waals surface area contributed by atoms with Gasteiger partial charge in [0.1, 0.15) is 18.1 Å². The molecule has 1 amide bonds. The number of hydrazine groups is 1. The smallest absolute Gasteiger partial charge is 0.283 e. The van der Waals surface area contributed by atoms with E-state index in [9.17, 15) is 4.79 Å². The van der Waals surface area contributed by atoms with Crippen LogP contribution in [0.3, 0.4) is 0 Å². The summed E-state index contributed by atoms with van der Waals surface area (Å²) in [6, 6.07) is 9.04.